The number of allylic oxidation sites excluding steroid dienone is 1. The van der Waals surface area contributed by atoms with Crippen molar-refractivity contribution in [3.8, 4) is 0 Å². The predicted molar refractivity (Wildman–Crippen MR) is 43.8 cm³/mol. The molecule has 0 aromatic carbocycles. The van der Waals surface area contributed by atoms with Crippen molar-refractivity contribution in [1.82, 2.24) is 0 Å². The maximum absolute atomic E-state index is 9.00. The molecule has 0 bridgehead atoms. The maximum atomic E-state index is 9.00. The van der Waals surface area contributed by atoms with Crippen LogP contribution in [0, 0.1) is 0 Å². The highest BCUT2D eigenvalue weighted by molar-refractivity contribution is 9.09. The van der Waals surface area contributed by atoms with Gasteiger partial charge in [0, 0.05) is 5.33 Å². The van der Waals surface area contributed by atoms with E-state index in [9.17, 15) is 0 Å². The number of aliphatic hydroxyl groups is 1. The van der Waals surface area contributed by atoms with E-state index in [1.165, 1.54) is 0 Å². The summed E-state index contributed by atoms with van der Waals surface area (Å²) in [6.07, 6.45) is 4.61. The van der Waals surface area contributed by atoms with Crippen molar-refractivity contribution < 1.29 is 5.11 Å². The highest BCUT2D eigenvalue weighted by Crippen LogP contribution is 2.02. The fourth-order valence-electron chi connectivity index (χ4n) is 0.575. The molecular formula is C7H13BrO. The molecule has 54 valence electrons. The van der Waals surface area contributed by atoms with Gasteiger partial charge < -0.3 is 5.11 Å². The standard InChI is InChI=1S/C7H13BrO/c1-2-3-4-5-7(9)6-8/h2,7,9H,1,3-6H2. The van der Waals surface area contributed by atoms with Gasteiger partial charge in [0.05, 0.1) is 6.10 Å². The second kappa shape index (κ2) is 6.30. The van der Waals surface area contributed by atoms with Gasteiger partial charge in [-0.15, -0.1) is 6.58 Å². The number of halogens is 1. The Bertz CT molecular complexity index is 73.3. The minimum absolute atomic E-state index is 0.176. The minimum Gasteiger partial charge on any atom is -0.392 e. The van der Waals surface area contributed by atoms with E-state index in [1.54, 1.807) is 0 Å². The average Bonchev–Trinajstić information content (AvgIpc) is 1.89. The second-order valence-corrected chi connectivity index (χ2v) is 2.68. The molecule has 0 aromatic heterocycles. The molecule has 1 nitrogen and oxygen atoms in total. The Morgan fingerprint density at radius 2 is 2.33 bits per heavy atom. The average molecular weight is 193 g/mol. The molecule has 0 fully saturated rings. The van der Waals surface area contributed by atoms with E-state index in [-0.39, 0.29) is 6.10 Å². The zero-order valence-corrected chi connectivity index (χ0v) is 7.10. The lowest BCUT2D eigenvalue weighted by molar-refractivity contribution is 0.188. The number of hydrogen-bond donors (Lipinski definition) is 1. The first kappa shape index (κ1) is 9.18. The van der Waals surface area contributed by atoms with Crippen molar-refractivity contribution in [2.75, 3.05) is 5.33 Å². The van der Waals surface area contributed by atoms with Crippen molar-refractivity contribution >= 4 is 15.9 Å². The summed E-state index contributed by atoms with van der Waals surface area (Å²) in [6, 6.07) is 0. The lowest BCUT2D eigenvalue weighted by Gasteiger charge is -2.03. The molecular weight excluding hydrogens is 180 g/mol. The number of alkyl halides is 1. The van der Waals surface area contributed by atoms with Gasteiger partial charge in [0.25, 0.3) is 0 Å². The Balaban J connectivity index is 2.96. The normalized spacial score (nSPS) is 13.1. The van der Waals surface area contributed by atoms with Crippen molar-refractivity contribution in [3.05, 3.63) is 12.7 Å². The Hall–Kier alpha value is 0.180. The largest absolute Gasteiger partial charge is 0.392 e. The fourth-order valence-corrected chi connectivity index (χ4v) is 0.899. The molecule has 0 aromatic rings. The first-order chi connectivity index (χ1) is 4.31. The van der Waals surface area contributed by atoms with Crippen LogP contribution in [0.25, 0.3) is 0 Å². The van der Waals surface area contributed by atoms with Gasteiger partial charge in [-0.1, -0.05) is 22.0 Å². The van der Waals surface area contributed by atoms with Gasteiger partial charge in [0.2, 0.25) is 0 Å². The summed E-state index contributed by atoms with van der Waals surface area (Å²) in [6.45, 7) is 3.59. The predicted octanol–water partition coefficient (Wildman–Crippen LogP) is 2.10. The third-order valence-electron chi connectivity index (χ3n) is 1.12. The van der Waals surface area contributed by atoms with Gasteiger partial charge in [-0.25, -0.2) is 0 Å². The van der Waals surface area contributed by atoms with Gasteiger partial charge >= 0.3 is 0 Å². The SMILES string of the molecule is C=CCCCC(O)CBr. The minimum atomic E-state index is -0.176. The molecule has 1 atom stereocenters. The summed E-state index contributed by atoms with van der Waals surface area (Å²) in [5, 5.41) is 9.69. The second-order valence-electron chi connectivity index (χ2n) is 2.03. The van der Waals surface area contributed by atoms with Crippen LogP contribution in [0.3, 0.4) is 0 Å². The van der Waals surface area contributed by atoms with Crippen LogP contribution in [-0.2, 0) is 0 Å². The molecule has 0 spiro atoms. The van der Waals surface area contributed by atoms with Crippen LogP contribution in [0.1, 0.15) is 19.3 Å². The first-order valence-corrected chi connectivity index (χ1v) is 4.28. The molecule has 1 N–H and O–H groups in total. The van der Waals surface area contributed by atoms with Crippen LogP contribution in [0.15, 0.2) is 12.7 Å². The van der Waals surface area contributed by atoms with E-state index in [1.807, 2.05) is 6.08 Å². The van der Waals surface area contributed by atoms with Gasteiger partial charge in [-0.2, -0.15) is 0 Å². The fraction of sp³-hybridized carbons (Fsp3) is 0.714. The Kier molecular flexibility index (Phi) is 6.43. The van der Waals surface area contributed by atoms with Crippen LogP contribution < -0.4 is 0 Å². The molecule has 0 amide bonds. The molecule has 0 aliphatic rings. The van der Waals surface area contributed by atoms with E-state index < -0.39 is 0 Å². The van der Waals surface area contributed by atoms with Gasteiger partial charge in [0.1, 0.15) is 0 Å². The third-order valence-corrected chi connectivity index (χ3v) is 1.87. The molecule has 0 radical (unpaired) electrons. The summed E-state index contributed by atoms with van der Waals surface area (Å²) in [4.78, 5) is 0. The molecule has 1 unspecified atom stereocenters. The monoisotopic (exact) mass is 192 g/mol. The van der Waals surface area contributed by atoms with Gasteiger partial charge in [-0.3, -0.25) is 0 Å². The van der Waals surface area contributed by atoms with Crippen molar-refractivity contribution in [2.24, 2.45) is 0 Å². The summed E-state index contributed by atoms with van der Waals surface area (Å²) in [7, 11) is 0. The molecule has 0 aliphatic heterocycles. The van der Waals surface area contributed by atoms with Crippen LogP contribution in [0.4, 0.5) is 0 Å². The van der Waals surface area contributed by atoms with E-state index >= 15 is 0 Å². The van der Waals surface area contributed by atoms with Crippen LogP contribution in [0.5, 0.6) is 0 Å². The Labute approximate surface area is 64.9 Å². The molecule has 0 saturated heterocycles. The summed E-state index contributed by atoms with van der Waals surface area (Å²) >= 11 is 3.19. The van der Waals surface area contributed by atoms with Gasteiger partial charge in [0.15, 0.2) is 0 Å². The molecule has 0 saturated carbocycles. The number of aliphatic hydroxyl groups excluding tert-OH is 1. The number of unbranched alkanes of at least 4 members (excludes halogenated alkanes) is 1. The summed E-state index contributed by atoms with van der Waals surface area (Å²) < 4.78 is 0. The van der Waals surface area contributed by atoms with Crippen molar-refractivity contribution in [2.45, 2.75) is 25.4 Å². The van der Waals surface area contributed by atoms with Crippen LogP contribution >= 0.6 is 15.9 Å². The summed E-state index contributed by atoms with van der Waals surface area (Å²) in [5.74, 6) is 0. The van der Waals surface area contributed by atoms with Crippen LogP contribution in [-0.4, -0.2) is 16.5 Å². The lowest BCUT2D eigenvalue weighted by Crippen LogP contribution is -2.06. The number of rotatable bonds is 5. The first-order valence-electron chi connectivity index (χ1n) is 3.16. The highest BCUT2D eigenvalue weighted by Gasteiger charge is 1.98. The maximum Gasteiger partial charge on any atom is 0.0637 e. The highest BCUT2D eigenvalue weighted by atomic mass is 79.9. The van der Waals surface area contributed by atoms with Crippen LogP contribution in [0.2, 0.25) is 0 Å². The van der Waals surface area contributed by atoms with Crippen molar-refractivity contribution in [3.63, 3.8) is 0 Å². The number of hydrogen-bond acceptors (Lipinski definition) is 1. The van der Waals surface area contributed by atoms with E-state index in [4.69, 9.17) is 5.11 Å². The molecule has 9 heavy (non-hydrogen) atoms. The van der Waals surface area contributed by atoms with Crippen molar-refractivity contribution in [1.29, 1.82) is 0 Å². The zero-order chi connectivity index (χ0) is 7.11. The van der Waals surface area contributed by atoms with E-state index in [2.05, 4.69) is 22.5 Å². The molecule has 0 heterocycles. The van der Waals surface area contributed by atoms with E-state index in [0.29, 0.717) is 5.33 Å². The van der Waals surface area contributed by atoms with E-state index in [0.717, 1.165) is 19.3 Å². The topological polar surface area (TPSA) is 20.2 Å². The lowest BCUT2D eigenvalue weighted by atomic mass is 10.2. The quantitative estimate of drug-likeness (QED) is 0.402. The van der Waals surface area contributed by atoms with Gasteiger partial charge in [-0.05, 0) is 19.3 Å². The Morgan fingerprint density at radius 1 is 1.67 bits per heavy atom. The zero-order valence-electron chi connectivity index (χ0n) is 5.52. The summed E-state index contributed by atoms with van der Waals surface area (Å²) in [5.41, 5.74) is 0. The molecule has 0 rings (SSSR count). The third kappa shape index (κ3) is 6.06. The molecule has 0 aliphatic carbocycles. The molecule has 2 heteroatoms. The Morgan fingerprint density at radius 3 is 2.78 bits per heavy atom. The smallest absolute Gasteiger partial charge is 0.0637 e.